The zero-order chi connectivity index (χ0) is 7.61. The van der Waals surface area contributed by atoms with Crippen molar-refractivity contribution in [3.63, 3.8) is 0 Å². The van der Waals surface area contributed by atoms with E-state index in [4.69, 9.17) is 10.8 Å². The second kappa shape index (κ2) is 2.51. The first-order valence-corrected chi connectivity index (χ1v) is 3.63. The SMILES string of the molecule is NCC1(C(=O)O)NC=CS1. The van der Waals surface area contributed by atoms with Crippen LogP contribution in [0.5, 0.6) is 0 Å². The van der Waals surface area contributed by atoms with Crippen molar-refractivity contribution >= 4 is 17.7 Å². The van der Waals surface area contributed by atoms with Crippen LogP contribution in [0.3, 0.4) is 0 Å². The number of aliphatic carboxylic acids is 1. The molecule has 1 aliphatic heterocycles. The number of carboxylic acid groups (broad SMARTS) is 1. The topological polar surface area (TPSA) is 75.4 Å². The molecule has 0 spiro atoms. The highest BCUT2D eigenvalue weighted by Gasteiger charge is 2.38. The van der Waals surface area contributed by atoms with Crippen molar-refractivity contribution in [1.82, 2.24) is 5.32 Å². The predicted octanol–water partition coefficient (Wildman–Crippen LogP) is -0.466. The predicted molar refractivity (Wildman–Crippen MR) is 39.3 cm³/mol. The van der Waals surface area contributed by atoms with Crippen LogP contribution >= 0.6 is 11.8 Å². The second-order valence-electron chi connectivity index (χ2n) is 1.90. The Hall–Kier alpha value is -0.680. The normalized spacial score (nSPS) is 30.1. The first kappa shape index (κ1) is 7.43. The van der Waals surface area contributed by atoms with Crippen LogP contribution in [0.2, 0.25) is 0 Å². The van der Waals surface area contributed by atoms with Crippen LogP contribution in [-0.4, -0.2) is 22.5 Å². The van der Waals surface area contributed by atoms with Gasteiger partial charge < -0.3 is 16.2 Å². The second-order valence-corrected chi connectivity index (χ2v) is 3.11. The third-order valence-corrected chi connectivity index (χ3v) is 2.42. The molecule has 4 N–H and O–H groups in total. The van der Waals surface area contributed by atoms with Crippen molar-refractivity contribution in [3.05, 3.63) is 11.6 Å². The van der Waals surface area contributed by atoms with Gasteiger partial charge in [0.05, 0.1) is 0 Å². The molecule has 10 heavy (non-hydrogen) atoms. The minimum atomic E-state index is -1.01. The Labute approximate surface area is 62.5 Å². The summed E-state index contributed by atoms with van der Waals surface area (Å²) < 4.78 is 0. The fourth-order valence-corrected chi connectivity index (χ4v) is 1.36. The van der Waals surface area contributed by atoms with Crippen molar-refractivity contribution in [2.45, 2.75) is 4.87 Å². The molecule has 1 aliphatic rings. The average Bonchev–Trinajstić information content (AvgIpc) is 2.35. The number of rotatable bonds is 2. The molecule has 1 heterocycles. The molecule has 0 aromatic heterocycles. The van der Waals surface area contributed by atoms with Crippen molar-refractivity contribution in [2.24, 2.45) is 5.73 Å². The smallest absolute Gasteiger partial charge is 0.341 e. The minimum Gasteiger partial charge on any atom is -0.479 e. The largest absolute Gasteiger partial charge is 0.479 e. The van der Waals surface area contributed by atoms with Gasteiger partial charge in [0.25, 0.3) is 0 Å². The summed E-state index contributed by atoms with van der Waals surface area (Å²) >= 11 is 1.18. The van der Waals surface area contributed by atoms with Gasteiger partial charge in [-0.2, -0.15) is 0 Å². The van der Waals surface area contributed by atoms with Crippen molar-refractivity contribution in [1.29, 1.82) is 0 Å². The Morgan fingerprint density at radius 3 is 2.80 bits per heavy atom. The van der Waals surface area contributed by atoms with E-state index >= 15 is 0 Å². The lowest BCUT2D eigenvalue weighted by Gasteiger charge is -2.20. The zero-order valence-corrected chi connectivity index (χ0v) is 6.02. The molecule has 56 valence electrons. The molecule has 0 aromatic carbocycles. The van der Waals surface area contributed by atoms with Gasteiger partial charge >= 0.3 is 5.97 Å². The van der Waals surface area contributed by atoms with E-state index in [1.165, 1.54) is 11.8 Å². The van der Waals surface area contributed by atoms with Gasteiger partial charge in [0.2, 0.25) is 0 Å². The lowest BCUT2D eigenvalue weighted by molar-refractivity contribution is -0.140. The molecule has 0 saturated heterocycles. The molecule has 4 nitrogen and oxygen atoms in total. The summed E-state index contributed by atoms with van der Waals surface area (Å²) in [6, 6.07) is 0. The highest BCUT2D eigenvalue weighted by Crippen LogP contribution is 2.27. The van der Waals surface area contributed by atoms with Crippen molar-refractivity contribution < 1.29 is 9.90 Å². The Balaban J connectivity index is 2.70. The summed E-state index contributed by atoms with van der Waals surface area (Å²) in [5, 5.41) is 13.0. The monoisotopic (exact) mass is 160 g/mol. The maximum atomic E-state index is 10.6. The standard InChI is InChI=1S/C5H8N2O2S/c6-3-5(4(8)9)7-1-2-10-5/h1-2,7H,3,6H2,(H,8,9). The van der Waals surface area contributed by atoms with Gasteiger partial charge in [-0.05, 0) is 5.41 Å². The Morgan fingerprint density at radius 2 is 2.60 bits per heavy atom. The Kier molecular flexibility index (Phi) is 1.87. The first-order chi connectivity index (χ1) is 4.71. The fraction of sp³-hybridized carbons (Fsp3) is 0.400. The maximum Gasteiger partial charge on any atom is 0.341 e. The molecule has 1 unspecified atom stereocenters. The number of hydrogen-bond acceptors (Lipinski definition) is 4. The number of hydrogen-bond donors (Lipinski definition) is 3. The van der Waals surface area contributed by atoms with Crippen LogP contribution in [0.15, 0.2) is 11.6 Å². The van der Waals surface area contributed by atoms with Crippen molar-refractivity contribution in [3.8, 4) is 0 Å². The van der Waals surface area contributed by atoms with E-state index < -0.39 is 10.8 Å². The highest BCUT2D eigenvalue weighted by atomic mass is 32.2. The molecule has 0 radical (unpaired) electrons. The maximum absolute atomic E-state index is 10.6. The summed E-state index contributed by atoms with van der Waals surface area (Å²) in [5.74, 6) is -0.926. The molecule has 0 fully saturated rings. The molecule has 0 bridgehead atoms. The molecule has 5 heteroatoms. The first-order valence-electron chi connectivity index (χ1n) is 2.75. The highest BCUT2D eigenvalue weighted by molar-refractivity contribution is 8.04. The summed E-state index contributed by atoms with van der Waals surface area (Å²) in [6.07, 6.45) is 1.59. The van der Waals surface area contributed by atoms with E-state index in [0.717, 1.165) is 0 Å². The molecular formula is C5H8N2O2S. The Bertz CT molecular complexity index is 172. The zero-order valence-electron chi connectivity index (χ0n) is 5.20. The Morgan fingerprint density at radius 1 is 1.90 bits per heavy atom. The lowest BCUT2D eigenvalue weighted by atomic mass is 10.3. The van der Waals surface area contributed by atoms with Crippen LogP contribution < -0.4 is 11.1 Å². The van der Waals surface area contributed by atoms with E-state index in [9.17, 15) is 4.79 Å². The van der Waals surface area contributed by atoms with E-state index in [0.29, 0.717) is 0 Å². The van der Waals surface area contributed by atoms with Gasteiger partial charge in [-0.1, -0.05) is 11.8 Å². The lowest BCUT2D eigenvalue weighted by Crippen LogP contribution is -2.50. The molecule has 0 aromatic rings. The number of carbonyl (C=O) groups is 1. The van der Waals surface area contributed by atoms with Gasteiger partial charge in [-0.15, -0.1) is 0 Å². The van der Waals surface area contributed by atoms with Crippen LogP contribution in [0.4, 0.5) is 0 Å². The van der Waals surface area contributed by atoms with E-state index in [2.05, 4.69) is 5.32 Å². The van der Waals surface area contributed by atoms with Crippen LogP contribution in [0.1, 0.15) is 0 Å². The summed E-state index contributed by atoms with van der Waals surface area (Å²) in [5.41, 5.74) is 5.27. The average molecular weight is 160 g/mol. The summed E-state index contributed by atoms with van der Waals surface area (Å²) in [6.45, 7) is 0.0833. The quantitative estimate of drug-likeness (QED) is 0.509. The van der Waals surface area contributed by atoms with Gasteiger partial charge in [0, 0.05) is 12.7 Å². The fourth-order valence-electron chi connectivity index (χ4n) is 0.659. The van der Waals surface area contributed by atoms with E-state index in [-0.39, 0.29) is 6.54 Å². The number of carboxylic acids is 1. The van der Waals surface area contributed by atoms with Crippen LogP contribution in [-0.2, 0) is 4.79 Å². The number of thioether (sulfide) groups is 1. The van der Waals surface area contributed by atoms with Gasteiger partial charge in [-0.3, -0.25) is 0 Å². The van der Waals surface area contributed by atoms with Crippen LogP contribution in [0, 0.1) is 0 Å². The number of nitrogens with two attached hydrogens (primary N) is 1. The van der Waals surface area contributed by atoms with E-state index in [1.807, 2.05) is 0 Å². The molecule has 0 amide bonds. The third-order valence-electron chi connectivity index (χ3n) is 1.29. The van der Waals surface area contributed by atoms with Gasteiger partial charge in [0.1, 0.15) is 0 Å². The summed E-state index contributed by atoms with van der Waals surface area (Å²) in [7, 11) is 0. The number of nitrogens with one attached hydrogen (secondary N) is 1. The minimum absolute atomic E-state index is 0.0833. The summed E-state index contributed by atoms with van der Waals surface area (Å²) in [4.78, 5) is 9.54. The van der Waals surface area contributed by atoms with Crippen molar-refractivity contribution in [2.75, 3.05) is 6.54 Å². The molecule has 1 atom stereocenters. The molecular weight excluding hydrogens is 152 g/mol. The van der Waals surface area contributed by atoms with Gasteiger partial charge in [-0.25, -0.2) is 4.79 Å². The third kappa shape index (κ3) is 0.975. The molecule has 0 aliphatic carbocycles. The van der Waals surface area contributed by atoms with E-state index in [1.54, 1.807) is 11.6 Å². The van der Waals surface area contributed by atoms with Crippen LogP contribution in [0.25, 0.3) is 0 Å². The molecule has 0 saturated carbocycles. The molecule has 1 rings (SSSR count). The van der Waals surface area contributed by atoms with Gasteiger partial charge in [0.15, 0.2) is 4.87 Å².